The Morgan fingerprint density at radius 1 is 1.32 bits per heavy atom. The molecule has 0 atom stereocenters. The Labute approximate surface area is 169 Å². The number of nitrogens with one attached hydrogen (secondary N) is 1. The maximum Gasteiger partial charge on any atom is 0.269 e. The van der Waals surface area contributed by atoms with E-state index in [4.69, 9.17) is 4.42 Å². The summed E-state index contributed by atoms with van der Waals surface area (Å²) in [7, 11) is 0. The maximum atomic E-state index is 12.9. The third-order valence-electron chi connectivity index (χ3n) is 3.81. The summed E-state index contributed by atoms with van der Waals surface area (Å²) in [5, 5.41) is 6.65. The van der Waals surface area contributed by atoms with E-state index in [1.54, 1.807) is 18.2 Å². The van der Waals surface area contributed by atoms with E-state index in [2.05, 4.69) is 5.32 Å². The maximum absolute atomic E-state index is 12.9. The van der Waals surface area contributed by atoms with Crippen LogP contribution in [-0.4, -0.2) is 22.8 Å². The van der Waals surface area contributed by atoms with Gasteiger partial charge in [-0.15, -0.1) is 11.3 Å². The molecule has 0 aliphatic heterocycles. The minimum atomic E-state index is -0.357. The highest BCUT2D eigenvalue weighted by Crippen LogP contribution is 2.06. The number of ketones is 1. The normalized spacial score (nSPS) is 12.7. The van der Waals surface area contributed by atoms with Crippen LogP contribution in [0, 0.1) is 5.92 Å². The average Bonchev–Trinajstić information content (AvgIpc) is 3.40. The highest BCUT2D eigenvalue weighted by Gasteiger charge is 2.12. The molecule has 0 aromatic carbocycles. The highest BCUT2D eigenvalue weighted by molar-refractivity contribution is 7.08. The quantitative estimate of drug-likeness (QED) is 0.596. The van der Waals surface area contributed by atoms with Crippen LogP contribution in [0.4, 0.5) is 0 Å². The summed E-state index contributed by atoms with van der Waals surface area (Å²) in [6, 6.07) is 5.08. The van der Waals surface area contributed by atoms with Gasteiger partial charge in [-0.25, -0.2) is 0 Å². The molecule has 0 radical (unpaired) electrons. The zero-order valence-electron chi connectivity index (χ0n) is 15.5. The Hall–Kier alpha value is -2.71. The Balaban J connectivity index is 2.02. The fourth-order valence-electron chi connectivity index (χ4n) is 2.42. The minimum absolute atomic E-state index is 0.142. The van der Waals surface area contributed by atoms with Crippen LogP contribution in [0.3, 0.4) is 0 Å². The lowest BCUT2D eigenvalue weighted by atomic mass is 10.2. The summed E-state index contributed by atoms with van der Waals surface area (Å²) in [6.45, 7) is 4.37. The second kappa shape index (κ2) is 8.99. The van der Waals surface area contributed by atoms with Gasteiger partial charge in [0, 0.05) is 12.6 Å². The van der Waals surface area contributed by atoms with Gasteiger partial charge in [0.05, 0.1) is 10.8 Å². The predicted octanol–water partition coefficient (Wildman–Crippen LogP) is 1.83. The lowest BCUT2D eigenvalue weighted by molar-refractivity contribution is -0.121. The second-order valence-corrected chi connectivity index (χ2v) is 8.42. The first-order valence-electron chi connectivity index (χ1n) is 8.74. The van der Waals surface area contributed by atoms with Crippen molar-refractivity contribution in [1.82, 2.24) is 9.88 Å². The van der Waals surface area contributed by atoms with Crippen LogP contribution in [0.15, 0.2) is 44.4 Å². The molecule has 3 aromatic rings. The number of aromatic nitrogens is 1. The van der Waals surface area contributed by atoms with Crippen molar-refractivity contribution in [3.8, 4) is 0 Å². The van der Waals surface area contributed by atoms with Gasteiger partial charge in [0.25, 0.3) is 5.56 Å². The van der Waals surface area contributed by atoms with Gasteiger partial charge in [0.2, 0.25) is 11.7 Å². The minimum Gasteiger partial charge on any atom is -0.461 e. The van der Waals surface area contributed by atoms with Gasteiger partial charge in [0.15, 0.2) is 5.76 Å². The first kappa shape index (κ1) is 20.0. The number of hydrogen-bond donors (Lipinski definition) is 1. The predicted molar refractivity (Wildman–Crippen MR) is 111 cm³/mol. The molecule has 0 bridgehead atoms. The van der Waals surface area contributed by atoms with Crippen molar-refractivity contribution in [2.24, 2.45) is 5.92 Å². The summed E-state index contributed by atoms with van der Waals surface area (Å²) in [6.07, 6.45) is 4.52. The molecule has 146 valence electrons. The van der Waals surface area contributed by atoms with Gasteiger partial charge in [-0.2, -0.15) is 11.3 Å². The molecule has 28 heavy (non-hydrogen) atoms. The molecule has 8 heteroatoms. The highest BCUT2D eigenvalue weighted by atomic mass is 32.1. The summed E-state index contributed by atoms with van der Waals surface area (Å²) in [5.74, 6) is -0.141. The first-order chi connectivity index (χ1) is 13.4. The third-order valence-corrected chi connectivity index (χ3v) is 5.57. The number of nitrogens with zero attached hydrogens (tertiary/aromatic N) is 1. The molecule has 6 nitrogen and oxygen atoms in total. The summed E-state index contributed by atoms with van der Waals surface area (Å²) >= 11 is 2.71. The van der Waals surface area contributed by atoms with E-state index in [9.17, 15) is 14.4 Å². The number of furan rings is 1. The van der Waals surface area contributed by atoms with Crippen molar-refractivity contribution in [3.05, 3.63) is 66.1 Å². The number of carbonyl (C=O) groups is 2. The monoisotopic (exact) mass is 416 g/mol. The lowest BCUT2D eigenvalue weighted by Crippen LogP contribution is -2.39. The molecule has 0 aliphatic carbocycles. The summed E-state index contributed by atoms with van der Waals surface area (Å²) in [5.41, 5.74) is 0.609. The molecule has 0 spiro atoms. The Kier molecular flexibility index (Phi) is 6.43. The van der Waals surface area contributed by atoms with Gasteiger partial charge < -0.3 is 9.73 Å². The third kappa shape index (κ3) is 4.96. The summed E-state index contributed by atoms with van der Waals surface area (Å²) in [4.78, 5) is 37.5. The number of hydrogen-bond acceptors (Lipinski definition) is 6. The molecular formula is C20H20N2O4S2. The van der Waals surface area contributed by atoms with Crippen molar-refractivity contribution in [3.63, 3.8) is 0 Å². The molecule has 0 fully saturated rings. The van der Waals surface area contributed by atoms with Gasteiger partial charge >= 0.3 is 0 Å². The van der Waals surface area contributed by atoms with Crippen molar-refractivity contribution >= 4 is 46.5 Å². The number of carbonyl (C=O) groups excluding carboxylic acids is 2. The molecule has 0 unspecified atom stereocenters. The Morgan fingerprint density at radius 2 is 2.14 bits per heavy atom. The van der Waals surface area contributed by atoms with Crippen LogP contribution in [-0.2, 0) is 11.3 Å². The van der Waals surface area contributed by atoms with E-state index in [0.717, 1.165) is 5.56 Å². The van der Waals surface area contributed by atoms with Crippen molar-refractivity contribution in [1.29, 1.82) is 0 Å². The lowest BCUT2D eigenvalue weighted by Gasteiger charge is -2.07. The second-order valence-electron chi connectivity index (χ2n) is 6.58. The largest absolute Gasteiger partial charge is 0.461 e. The van der Waals surface area contributed by atoms with E-state index in [0.29, 0.717) is 21.7 Å². The van der Waals surface area contributed by atoms with Crippen LogP contribution in [0.2, 0.25) is 0 Å². The van der Waals surface area contributed by atoms with Gasteiger partial charge in [0.1, 0.15) is 11.2 Å². The zero-order chi connectivity index (χ0) is 20.1. The number of amides is 1. The molecule has 3 heterocycles. The number of rotatable bonds is 7. The zero-order valence-corrected chi connectivity index (χ0v) is 17.1. The van der Waals surface area contributed by atoms with Crippen LogP contribution in [0.25, 0.3) is 12.2 Å². The number of thiazole rings is 1. The molecule has 3 aromatic heterocycles. The van der Waals surface area contributed by atoms with Crippen LogP contribution in [0.1, 0.15) is 30.0 Å². The van der Waals surface area contributed by atoms with Crippen LogP contribution < -0.4 is 20.1 Å². The van der Waals surface area contributed by atoms with Gasteiger partial charge in [-0.05, 0) is 46.5 Å². The first-order valence-corrected chi connectivity index (χ1v) is 10.5. The van der Waals surface area contributed by atoms with E-state index >= 15 is 0 Å². The van der Waals surface area contributed by atoms with E-state index in [1.165, 1.54) is 39.6 Å². The standard InChI is InChI=1S/C20H20N2O4S2/c1-13(2)10-21-18(24)11-22-19(9-15(23)16-4-3-6-26-16)28-17(20(22)25)8-14-5-7-27-12-14/h3-9,12-13H,10-11H2,1-2H3,(H,21,24)/b17-8+,19-9-. The topological polar surface area (TPSA) is 81.3 Å². The SMILES string of the molecule is CC(C)CNC(=O)Cn1c(=O)/c(=C\c2ccsc2)s/c1=C\C(=O)c1ccco1. The average molecular weight is 417 g/mol. The van der Waals surface area contributed by atoms with Gasteiger partial charge in [-0.1, -0.05) is 13.8 Å². The molecule has 1 amide bonds. The number of Topliss-reactive ketones (excluding diaryl/α,β-unsaturated/α-hetero) is 1. The fourth-order valence-corrected chi connectivity index (χ4v) is 4.08. The van der Waals surface area contributed by atoms with Crippen LogP contribution in [0.5, 0.6) is 0 Å². The molecule has 0 aliphatic rings. The number of thiophene rings is 1. The van der Waals surface area contributed by atoms with E-state index < -0.39 is 0 Å². The van der Waals surface area contributed by atoms with Gasteiger partial charge in [-0.3, -0.25) is 19.0 Å². The fraction of sp³-hybridized carbons (Fsp3) is 0.250. The molecule has 3 rings (SSSR count). The van der Waals surface area contributed by atoms with Crippen molar-refractivity contribution in [2.45, 2.75) is 20.4 Å². The molecule has 0 saturated heterocycles. The summed E-state index contributed by atoms with van der Waals surface area (Å²) < 4.78 is 7.34. The smallest absolute Gasteiger partial charge is 0.269 e. The van der Waals surface area contributed by atoms with Crippen molar-refractivity contribution < 1.29 is 14.0 Å². The van der Waals surface area contributed by atoms with E-state index in [-0.39, 0.29) is 29.6 Å². The Bertz CT molecular complexity index is 1120. The molecular weight excluding hydrogens is 396 g/mol. The van der Waals surface area contributed by atoms with Crippen LogP contribution >= 0.6 is 22.7 Å². The van der Waals surface area contributed by atoms with Crippen molar-refractivity contribution in [2.75, 3.05) is 6.54 Å². The molecule has 0 saturated carbocycles. The molecule has 1 N–H and O–H groups in total. The Morgan fingerprint density at radius 3 is 2.79 bits per heavy atom. The van der Waals surface area contributed by atoms with E-state index in [1.807, 2.05) is 30.7 Å².